The summed E-state index contributed by atoms with van der Waals surface area (Å²) in [5.74, 6) is -0.259. The predicted octanol–water partition coefficient (Wildman–Crippen LogP) is 2.71. The van der Waals surface area contributed by atoms with Crippen LogP contribution < -0.4 is 5.32 Å². The van der Waals surface area contributed by atoms with Crippen LogP contribution in [0.2, 0.25) is 0 Å². The van der Waals surface area contributed by atoms with Gasteiger partial charge >= 0.3 is 0 Å². The molecule has 4 rings (SSSR count). The van der Waals surface area contributed by atoms with Gasteiger partial charge in [-0.25, -0.2) is 0 Å². The first kappa shape index (κ1) is 17.5. The van der Waals surface area contributed by atoms with Crippen molar-refractivity contribution in [3.63, 3.8) is 0 Å². The molecule has 1 aromatic heterocycles. The summed E-state index contributed by atoms with van der Waals surface area (Å²) >= 11 is 0. The smallest absolute Gasteiger partial charge is 0.244 e. The molecule has 1 aromatic carbocycles. The lowest BCUT2D eigenvalue weighted by Gasteiger charge is -2.21. The molecule has 1 spiro atoms. The summed E-state index contributed by atoms with van der Waals surface area (Å²) in [6.45, 7) is 0.641. The van der Waals surface area contributed by atoms with Crippen molar-refractivity contribution < 1.29 is 9.59 Å². The number of benzene rings is 1. The molecule has 2 amide bonds. The third-order valence-corrected chi connectivity index (χ3v) is 6.07. The Morgan fingerprint density at radius 3 is 2.85 bits per heavy atom. The number of nitriles is 1. The molecule has 6 heteroatoms. The number of nitrogens with one attached hydrogen (secondary N) is 1. The molecule has 2 unspecified atom stereocenters. The van der Waals surface area contributed by atoms with Gasteiger partial charge in [-0.1, -0.05) is 37.1 Å². The Balaban J connectivity index is 1.57. The number of hydrogen-bond donors (Lipinski definition) is 1. The van der Waals surface area contributed by atoms with E-state index in [0.29, 0.717) is 18.5 Å². The molecule has 1 aliphatic heterocycles. The van der Waals surface area contributed by atoms with Gasteiger partial charge in [0, 0.05) is 29.9 Å². The monoisotopic (exact) mass is 362 g/mol. The van der Waals surface area contributed by atoms with Crippen molar-refractivity contribution in [1.82, 2.24) is 15.2 Å². The summed E-state index contributed by atoms with van der Waals surface area (Å²) < 4.78 is 0. The predicted molar refractivity (Wildman–Crippen MR) is 100 cm³/mol. The van der Waals surface area contributed by atoms with Gasteiger partial charge in [0.1, 0.15) is 12.1 Å². The van der Waals surface area contributed by atoms with Crippen molar-refractivity contribution in [3.8, 4) is 6.07 Å². The first-order chi connectivity index (χ1) is 13.2. The van der Waals surface area contributed by atoms with Crippen LogP contribution in [0, 0.1) is 16.7 Å². The van der Waals surface area contributed by atoms with Crippen LogP contribution in [0.3, 0.4) is 0 Å². The molecule has 0 bridgehead atoms. The van der Waals surface area contributed by atoms with Gasteiger partial charge in [-0.2, -0.15) is 5.26 Å². The summed E-state index contributed by atoms with van der Waals surface area (Å²) in [5, 5.41) is 14.3. The SMILES string of the molecule is N#CC(NC(=O)C1CC2(CCCC2)CN1C=O)c1cncc2ccccc12. The average molecular weight is 362 g/mol. The molecule has 2 aliphatic rings. The normalized spacial score (nSPS) is 21.9. The van der Waals surface area contributed by atoms with Crippen molar-refractivity contribution in [2.75, 3.05) is 6.54 Å². The van der Waals surface area contributed by atoms with Crippen LogP contribution >= 0.6 is 0 Å². The van der Waals surface area contributed by atoms with Crippen LogP contribution in [0.5, 0.6) is 0 Å². The Morgan fingerprint density at radius 1 is 1.33 bits per heavy atom. The van der Waals surface area contributed by atoms with Gasteiger partial charge in [0.25, 0.3) is 0 Å². The van der Waals surface area contributed by atoms with E-state index in [-0.39, 0.29) is 11.3 Å². The van der Waals surface area contributed by atoms with E-state index in [1.54, 1.807) is 17.3 Å². The molecule has 1 aliphatic carbocycles. The van der Waals surface area contributed by atoms with Crippen LogP contribution in [0.15, 0.2) is 36.7 Å². The second-order valence-electron chi connectivity index (χ2n) is 7.73. The van der Waals surface area contributed by atoms with Crippen LogP contribution in [0.25, 0.3) is 10.8 Å². The number of aromatic nitrogens is 1. The molecule has 27 heavy (non-hydrogen) atoms. The average Bonchev–Trinajstić information content (AvgIpc) is 3.32. The number of carbonyl (C=O) groups is 2. The van der Waals surface area contributed by atoms with E-state index in [0.717, 1.165) is 42.9 Å². The minimum Gasteiger partial charge on any atom is -0.335 e. The molecule has 1 saturated carbocycles. The topological polar surface area (TPSA) is 86.1 Å². The Kier molecular flexibility index (Phi) is 4.53. The van der Waals surface area contributed by atoms with Crippen LogP contribution in [0.4, 0.5) is 0 Å². The zero-order valence-corrected chi connectivity index (χ0v) is 15.1. The maximum absolute atomic E-state index is 13.0. The second-order valence-corrected chi connectivity index (χ2v) is 7.73. The number of nitrogens with zero attached hydrogens (tertiary/aromatic N) is 3. The molecule has 2 atom stereocenters. The lowest BCUT2D eigenvalue weighted by molar-refractivity contribution is -0.131. The molecule has 0 radical (unpaired) electrons. The van der Waals surface area contributed by atoms with Gasteiger partial charge in [0.2, 0.25) is 12.3 Å². The quantitative estimate of drug-likeness (QED) is 0.847. The van der Waals surface area contributed by atoms with Crippen molar-refractivity contribution in [2.45, 2.75) is 44.2 Å². The Bertz CT molecular complexity index is 909. The van der Waals surface area contributed by atoms with E-state index in [9.17, 15) is 14.9 Å². The maximum Gasteiger partial charge on any atom is 0.244 e. The minimum atomic E-state index is -0.801. The molecular formula is C21H22N4O2. The Hall–Kier alpha value is -2.94. The van der Waals surface area contributed by atoms with E-state index in [4.69, 9.17) is 0 Å². The van der Waals surface area contributed by atoms with Crippen LogP contribution in [0.1, 0.15) is 43.7 Å². The van der Waals surface area contributed by atoms with Crippen molar-refractivity contribution in [1.29, 1.82) is 5.26 Å². The first-order valence-corrected chi connectivity index (χ1v) is 9.39. The highest BCUT2D eigenvalue weighted by atomic mass is 16.2. The summed E-state index contributed by atoms with van der Waals surface area (Å²) in [5.41, 5.74) is 0.752. The molecule has 2 heterocycles. The standard InChI is InChI=1S/C21H22N4O2/c22-10-18(17-12-23-11-15-5-1-2-6-16(15)17)24-20(27)19-9-21(7-3-4-8-21)13-25(19)14-26/h1-2,5-6,11-12,14,18-19H,3-4,7-9,13H2,(H,24,27). The van der Waals surface area contributed by atoms with E-state index >= 15 is 0 Å². The van der Waals surface area contributed by atoms with Gasteiger partial charge in [0.05, 0.1) is 6.07 Å². The number of hydrogen-bond acceptors (Lipinski definition) is 4. The fraction of sp³-hybridized carbons (Fsp3) is 0.429. The highest BCUT2D eigenvalue weighted by Gasteiger charge is 2.47. The lowest BCUT2D eigenvalue weighted by atomic mass is 9.84. The van der Waals surface area contributed by atoms with E-state index < -0.39 is 12.1 Å². The number of carbonyl (C=O) groups excluding carboxylic acids is 2. The summed E-state index contributed by atoms with van der Waals surface area (Å²) in [6, 6.07) is 8.54. The Labute approximate surface area is 158 Å². The van der Waals surface area contributed by atoms with Gasteiger partial charge < -0.3 is 10.2 Å². The van der Waals surface area contributed by atoms with Gasteiger partial charge in [0.15, 0.2) is 0 Å². The third kappa shape index (κ3) is 3.14. The molecule has 138 valence electrons. The third-order valence-electron chi connectivity index (χ3n) is 6.07. The lowest BCUT2D eigenvalue weighted by Crippen LogP contribution is -2.43. The zero-order valence-electron chi connectivity index (χ0n) is 15.1. The number of rotatable bonds is 4. The van der Waals surface area contributed by atoms with Crippen molar-refractivity contribution >= 4 is 23.1 Å². The molecule has 2 aromatic rings. The maximum atomic E-state index is 13.0. The highest BCUT2D eigenvalue weighted by Crippen LogP contribution is 2.47. The van der Waals surface area contributed by atoms with Crippen LogP contribution in [-0.2, 0) is 9.59 Å². The minimum absolute atomic E-state index is 0.0755. The molecule has 2 fully saturated rings. The van der Waals surface area contributed by atoms with Gasteiger partial charge in [-0.15, -0.1) is 0 Å². The van der Waals surface area contributed by atoms with E-state index in [2.05, 4.69) is 16.4 Å². The molecule has 1 N–H and O–H groups in total. The van der Waals surface area contributed by atoms with E-state index in [1.807, 2.05) is 24.3 Å². The van der Waals surface area contributed by atoms with Crippen molar-refractivity contribution in [2.24, 2.45) is 5.41 Å². The molecule has 6 nitrogen and oxygen atoms in total. The largest absolute Gasteiger partial charge is 0.335 e. The molecular weight excluding hydrogens is 340 g/mol. The zero-order chi connectivity index (χ0) is 18.9. The highest BCUT2D eigenvalue weighted by molar-refractivity contribution is 5.88. The first-order valence-electron chi connectivity index (χ1n) is 9.39. The van der Waals surface area contributed by atoms with Gasteiger partial charge in [-0.05, 0) is 30.1 Å². The number of fused-ring (bicyclic) bond motifs is 1. The number of amides is 2. The van der Waals surface area contributed by atoms with Gasteiger partial charge in [-0.3, -0.25) is 14.6 Å². The fourth-order valence-electron chi connectivity index (χ4n) is 4.72. The number of pyridine rings is 1. The fourth-order valence-corrected chi connectivity index (χ4v) is 4.72. The summed E-state index contributed by atoms with van der Waals surface area (Å²) in [4.78, 5) is 30.3. The Morgan fingerprint density at radius 2 is 2.11 bits per heavy atom. The summed E-state index contributed by atoms with van der Waals surface area (Å²) in [7, 11) is 0. The van der Waals surface area contributed by atoms with E-state index in [1.165, 1.54) is 0 Å². The second kappa shape index (κ2) is 6.99. The van der Waals surface area contributed by atoms with Crippen LogP contribution in [-0.4, -0.2) is 34.8 Å². The van der Waals surface area contributed by atoms with Crippen molar-refractivity contribution in [3.05, 3.63) is 42.2 Å². The molecule has 1 saturated heterocycles. The number of likely N-dealkylation sites (tertiary alicyclic amines) is 1. The summed E-state index contributed by atoms with van der Waals surface area (Å²) in [6.07, 6.45) is 9.27.